The molecule has 0 radical (unpaired) electrons. The highest BCUT2D eigenvalue weighted by Gasteiger charge is 2.39. The minimum Gasteiger partial charge on any atom is -0.372 e. The molecule has 3 aromatic rings. The van der Waals surface area contributed by atoms with Crippen LogP contribution in [0.15, 0.2) is 35.4 Å². The lowest BCUT2D eigenvalue weighted by atomic mass is 9.93. The summed E-state index contributed by atoms with van der Waals surface area (Å²) < 4.78 is 48.0. The summed E-state index contributed by atoms with van der Waals surface area (Å²) >= 11 is 0. The highest BCUT2D eigenvalue weighted by molar-refractivity contribution is 5.87. The number of alkyl halides is 2. The number of anilines is 1. The van der Waals surface area contributed by atoms with E-state index in [0.717, 1.165) is 6.07 Å². The van der Waals surface area contributed by atoms with Crippen molar-refractivity contribution in [1.82, 2.24) is 19.9 Å². The highest BCUT2D eigenvalue weighted by atomic mass is 19.3. The Balaban J connectivity index is 1.82. The molecule has 0 spiro atoms. The van der Waals surface area contributed by atoms with Crippen LogP contribution in [0.3, 0.4) is 0 Å². The van der Waals surface area contributed by atoms with Gasteiger partial charge in [-0.15, -0.1) is 0 Å². The first kappa shape index (κ1) is 22.2. The van der Waals surface area contributed by atoms with Crippen LogP contribution >= 0.6 is 0 Å². The summed E-state index contributed by atoms with van der Waals surface area (Å²) in [5, 5.41) is 3.81. The molecule has 4 rings (SSSR count). The lowest BCUT2D eigenvalue weighted by Crippen LogP contribution is -2.39. The van der Waals surface area contributed by atoms with Crippen LogP contribution in [0.4, 0.5) is 19.0 Å². The van der Waals surface area contributed by atoms with Gasteiger partial charge < -0.3 is 15.0 Å². The smallest absolute Gasteiger partial charge is 0.266 e. The maximum absolute atomic E-state index is 14.6. The Labute approximate surface area is 182 Å². The Kier molecular flexibility index (Phi) is 5.91. The van der Waals surface area contributed by atoms with Gasteiger partial charge in [0.05, 0.1) is 16.5 Å². The first-order valence-corrected chi connectivity index (χ1v) is 10.2. The summed E-state index contributed by atoms with van der Waals surface area (Å²) in [7, 11) is 4.89. The fourth-order valence-corrected chi connectivity index (χ4v) is 4.29. The van der Waals surface area contributed by atoms with Crippen LogP contribution in [0.5, 0.6) is 0 Å². The maximum atomic E-state index is 14.6. The molecule has 0 aliphatic carbocycles. The Morgan fingerprint density at radius 2 is 2.12 bits per heavy atom. The van der Waals surface area contributed by atoms with Crippen LogP contribution < -0.4 is 15.8 Å². The number of rotatable bonds is 6. The number of hydrogen-bond acceptors (Lipinski definition) is 6. The molecule has 1 aliphatic heterocycles. The van der Waals surface area contributed by atoms with Crippen molar-refractivity contribution in [3.05, 3.63) is 63.5 Å². The number of nitrogens with zero attached hydrogens (tertiary/aromatic N) is 4. The van der Waals surface area contributed by atoms with Crippen molar-refractivity contribution in [3.63, 3.8) is 0 Å². The molecule has 32 heavy (non-hydrogen) atoms. The summed E-state index contributed by atoms with van der Waals surface area (Å²) in [4.78, 5) is 23.4. The van der Waals surface area contributed by atoms with E-state index in [4.69, 9.17) is 4.74 Å². The Hall–Kier alpha value is -2.98. The van der Waals surface area contributed by atoms with Crippen molar-refractivity contribution >= 4 is 16.9 Å². The van der Waals surface area contributed by atoms with Crippen LogP contribution in [-0.2, 0) is 23.9 Å². The summed E-state index contributed by atoms with van der Waals surface area (Å²) in [6.45, 7) is 1.22. The molecule has 0 bridgehead atoms. The molecule has 10 heteroatoms. The number of aryl methyl sites for hydroxylation is 1. The molecular weight excluding hydrogens is 423 g/mol. The minimum atomic E-state index is -2.90. The Morgan fingerprint density at radius 1 is 1.34 bits per heavy atom. The normalized spacial score (nSPS) is 18.6. The molecule has 0 amide bonds. The van der Waals surface area contributed by atoms with Crippen molar-refractivity contribution in [1.29, 1.82) is 0 Å². The van der Waals surface area contributed by atoms with Crippen LogP contribution in [0.2, 0.25) is 0 Å². The van der Waals surface area contributed by atoms with Crippen molar-refractivity contribution in [2.75, 3.05) is 32.1 Å². The molecule has 0 saturated carbocycles. The zero-order chi connectivity index (χ0) is 23.0. The predicted octanol–water partition coefficient (Wildman–Crippen LogP) is 2.88. The maximum Gasteiger partial charge on any atom is 0.266 e. The topological polar surface area (TPSA) is 72.3 Å². The van der Waals surface area contributed by atoms with E-state index >= 15 is 0 Å². The van der Waals surface area contributed by atoms with Gasteiger partial charge in [-0.25, -0.2) is 23.1 Å². The van der Waals surface area contributed by atoms with Crippen molar-refractivity contribution < 1.29 is 17.9 Å². The summed E-state index contributed by atoms with van der Waals surface area (Å²) in [5.74, 6) is -0.484. The third kappa shape index (κ3) is 3.63. The number of halogens is 3. The number of ether oxygens (including phenoxy) is 1. The van der Waals surface area contributed by atoms with E-state index in [9.17, 15) is 18.0 Å². The number of methoxy groups -OCH3 is 1. The van der Waals surface area contributed by atoms with Gasteiger partial charge in [0, 0.05) is 39.9 Å². The van der Waals surface area contributed by atoms with E-state index < -0.39 is 23.4 Å². The third-order valence-corrected chi connectivity index (χ3v) is 6.09. The lowest BCUT2D eigenvalue weighted by molar-refractivity contribution is 0.00194. The molecule has 1 unspecified atom stereocenters. The van der Waals surface area contributed by atoms with E-state index in [0.29, 0.717) is 41.9 Å². The fourth-order valence-electron chi connectivity index (χ4n) is 4.29. The molecular formula is C22H24F3N5O2. The van der Waals surface area contributed by atoms with Gasteiger partial charge in [-0.2, -0.15) is 0 Å². The van der Waals surface area contributed by atoms with E-state index in [-0.39, 0.29) is 17.7 Å². The fraction of sp³-hybridized carbons (Fsp3) is 0.409. The standard InChI is InChI=1S/C22H24F3N5O2/c1-29(10-13-5-4-6-14(17(13)23)18(24)25)19-15-9-16(22(32-3)7-8-26-11-22)21(31)30(2)20(15)28-12-27-19/h4-6,9,12,18,26H,7-8,10-11H2,1-3H3. The zero-order valence-corrected chi connectivity index (χ0v) is 18.0. The predicted molar refractivity (Wildman–Crippen MR) is 114 cm³/mol. The summed E-state index contributed by atoms with van der Waals surface area (Å²) in [6.07, 6.45) is -0.945. The number of pyridine rings is 1. The molecule has 1 fully saturated rings. The number of benzene rings is 1. The molecule has 1 aromatic carbocycles. The second-order valence-electron chi connectivity index (χ2n) is 7.96. The van der Waals surface area contributed by atoms with Crippen molar-refractivity contribution in [2.24, 2.45) is 7.05 Å². The number of nitrogens with one attached hydrogen (secondary N) is 1. The van der Waals surface area contributed by atoms with Crippen LogP contribution in [-0.4, -0.2) is 41.8 Å². The van der Waals surface area contributed by atoms with Crippen LogP contribution in [0.25, 0.3) is 11.0 Å². The van der Waals surface area contributed by atoms with E-state index in [2.05, 4.69) is 15.3 Å². The molecule has 1 aliphatic rings. The van der Waals surface area contributed by atoms with Crippen molar-refractivity contribution in [3.8, 4) is 0 Å². The van der Waals surface area contributed by atoms with Crippen LogP contribution in [0, 0.1) is 5.82 Å². The third-order valence-electron chi connectivity index (χ3n) is 6.09. The van der Waals surface area contributed by atoms with E-state index in [1.54, 1.807) is 32.2 Å². The molecule has 3 heterocycles. The average Bonchev–Trinajstić information content (AvgIpc) is 3.27. The Bertz CT molecular complexity index is 1210. The molecule has 1 atom stereocenters. The molecule has 170 valence electrons. The second-order valence-corrected chi connectivity index (χ2v) is 7.96. The Morgan fingerprint density at radius 3 is 2.78 bits per heavy atom. The van der Waals surface area contributed by atoms with Gasteiger partial charge in [-0.3, -0.25) is 9.36 Å². The largest absolute Gasteiger partial charge is 0.372 e. The second kappa shape index (κ2) is 8.51. The first-order chi connectivity index (χ1) is 15.3. The monoisotopic (exact) mass is 447 g/mol. The van der Waals surface area contributed by atoms with E-state index in [1.807, 2.05) is 0 Å². The van der Waals surface area contributed by atoms with Gasteiger partial charge in [0.25, 0.3) is 12.0 Å². The zero-order valence-electron chi connectivity index (χ0n) is 18.0. The van der Waals surface area contributed by atoms with Crippen molar-refractivity contribution in [2.45, 2.75) is 25.0 Å². The molecule has 7 nitrogen and oxygen atoms in total. The first-order valence-electron chi connectivity index (χ1n) is 10.2. The minimum absolute atomic E-state index is 0.00760. The van der Waals surface area contributed by atoms with Gasteiger partial charge in [0.15, 0.2) is 0 Å². The molecule has 1 N–H and O–H groups in total. The number of hydrogen-bond donors (Lipinski definition) is 1. The van der Waals surface area contributed by atoms with Gasteiger partial charge in [-0.1, -0.05) is 18.2 Å². The van der Waals surface area contributed by atoms with Crippen LogP contribution in [0.1, 0.15) is 29.5 Å². The number of aromatic nitrogens is 3. The van der Waals surface area contributed by atoms with Gasteiger partial charge in [0.2, 0.25) is 0 Å². The summed E-state index contributed by atoms with van der Waals surface area (Å²) in [5.41, 5.74) is -0.609. The van der Waals surface area contributed by atoms with Gasteiger partial charge in [-0.05, 0) is 19.0 Å². The average molecular weight is 447 g/mol. The van der Waals surface area contributed by atoms with Gasteiger partial charge in [0.1, 0.15) is 29.2 Å². The van der Waals surface area contributed by atoms with Gasteiger partial charge >= 0.3 is 0 Å². The molecule has 1 saturated heterocycles. The highest BCUT2D eigenvalue weighted by Crippen LogP contribution is 2.33. The lowest BCUT2D eigenvalue weighted by Gasteiger charge is -2.28. The van der Waals surface area contributed by atoms with E-state index in [1.165, 1.54) is 23.0 Å². The summed E-state index contributed by atoms with van der Waals surface area (Å²) in [6, 6.07) is 5.67. The quantitative estimate of drug-likeness (QED) is 0.627. The molecule has 2 aromatic heterocycles. The SMILES string of the molecule is COC1(c2cc3c(N(C)Cc4cccc(C(F)F)c4F)ncnc3n(C)c2=O)CCNC1. The number of fused-ring (bicyclic) bond motifs is 1.